The van der Waals surface area contributed by atoms with Gasteiger partial charge in [0.2, 0.25) is 0 Å². The van der Waals surface area contributed by atoms with Gasteiger partial charge in [0.1, 0.15) is 5.82 Å². The van der Waals surface area contributed by atoms with Gasteiger partial charge in [-0.15, -0.1) is 12.4 Å². The first-order valence-electron chi connectivity index (χ1n) is 5.60. The Morgan fingerprint density at radius 1 is 1.35 bits per heavy atom. The molecule has 5 nitrogen and oxygen atoms in total. The van der Waals surface area contributed by atoms with Crippen LogP contribution >= 0.6 is 12.4 Å². The van der Waals surface area contributed by atoms with Crippen LogP contribution in [0, 0.1) is 0 Å². The zero-order valence-corrected chi connectivity index (χ0v) is 11.0. The predicted molar refractivity (Wildman–Crippen MR) is 68.2 cm³/mol. The molecule has 1 aliphatic carbocycles. The quantitative estimate of drug-likeness (QED) is 0.879. The number of halogens is 1. The number of nitrogens with zero attached hydrogens (tertiary/aromatic N) is 2. The smallest absolute Gasteiger partial charge is 0.152 e. The highest BCUT2D eigenvalue weighted by atomic mass is 35.5. The van der Waals surface area contributed by atoms with Crippen molar-refractivity contribution in [1.29, 1.82) is 0 Å². The summed E-state index contributed by atoms with van der Waals surface area (Å²) in [6, 6.07) is 1.83. The molecule has 0 aromatic carbocycles. The average molecular weight is 278 g/mol. The summed E-state index contributed by atoms with van der Waals surface area (Å²) in [6.07, 6.45) is 3.00. The Balaban J connectivity index is 0.00000108. The van der Waals surface area contributed by atoms with Crippen LogP contribution in [0.15, 0.2) is 6.07 Å². The first-order chi connectivity index (χ1) is 7.55. The largest absolute Gasteiger partial charge is 0.384 e. The molecule has 2 heterocycles. The van der Waals surface area contributed by atoms with Gasteiger partial charge in [-0.05, 0) is 19.3 Å². The maximum atomic E-state index is 11.4. The number of nitrogens with two attached hydrogens (primary N) is 1. The van der Waals surface area contributed by atoms with Gasteiger partial charge in [0.05, 0.1) is 23.2 Å². The van der Waals surface area contributed by atoms with Crippen molar-refractivity contribution in [2.45, 2.75) is 31.2 Å². The molecule has 96 valence electrons. The first kappa shape index (κ1) is 12.7. The Kier molecular flexibility index (Phi) is 3.12. The van der Waals surface area contributed by atoms with E-state index in [0.717, 1.165) is 5.69 Å². The number of hydrogen-bond acceptors (Lipinski definition) is 4. The SMILES string of the molecule is Cl.Nc1cc(C2CC2)nn1C1CCS(=O)(=O)C1. The molecule has 2 fully saturated rings. The van der Waals surface area contributed by atoms with E-state index in [9.17, 15) is 8.42 Å². The number of rotatable bonds is 2. The molecule has 1 saturated heterocycles. The van der Waals surface area contributed by atoms with Crippen molar-refractivity contribution in [2.24, 2.45) is 0 Å². The number of sulfone groups is 1. The fourth-order valence-corrected chi connectivity index (χ4v) is 3.96. The van der Waals surface area contributed by atoms with Crippen LogP contribution in [-0.4, -0.2) is 29.7 Å². The molecule has 0 bridgehead atoms. The molecular formula is C10H16ClN3O2S. The van der Waals surface area contributed by atoms with E-state index in [1.807, 2.05) is 6.07 Å². The fraction of sp³-hybridized carbons (Fsp3) is 0.700. The Hall–Kier alpha value is -0.750. The van der Waals surface area contributed by atoms with E-state index in [1.165, 1.54) is 12.8 Å². The second-order valence-electron chi connectivity index (χ2n) is 4.77. The summed E-state index contributed by atoms with van der Waals surface area (Å²) >= 11 is 0. The van der Waals surface area contributed by atoms with Gasteiger partial charge in [0.15, 0.2) is 9.84 Å². The molecule has 1 aromatic rings. The van der Waals surface area contributed by atoms with Crippen molar-refractivity contribution in [3.05, 3.63) is 11.8 Å². The molecule has 0 radical (unpaired) electrons. The van der Waals surface area contributed by atoms with Gasteiger partial charge >= 0.3 is 0 Å². The second kappa shape index (κ2) is 4.17. The van der Waals surface area contributed by atoms with Gasteiger partial charge in [-0.25, -0.2) is 13.1 Å². The van der Waals surface area contributed by atoms with E-state index in [2.05, 4.69) is 5.10 Å². The third-order valence-corrected chi connectivity index (χ3v) is 5.08. The number of anilines is 1. The summed E-state index contributed by atoms with van der Waals surface area (Å²) in [4.78, 5) is 0. The standard InChI is InChI=1S/C10H15N3O2S.ClH/c11-10-5-9(7-1-2-7)12-13(10)8-3-4-16(14,15)6-8;/h5,7-8H,1-4,6,11H2;1H. The van der Waals surface area contributed by atoms with Gasteiger partial charge in [-0.2, -0.15) is 5.10 Å². The van der Waals surface area contributed by atoms with Gasteiger partial charge in [0, 0.05) is 12.0 Å². The van der Waals surface area contributed by atoms with Crippen LogP contribution in [0.2, 0.25) is 0 Å². The van der Waals surface area contributed by atoms with Crippen molar-refractivity contribution in [2.75, 3.05) is 17.2 Å². The molecule has 2 aliphatic rings. The minimum absolute atomic E-state index is 0. The van der Waals surface area contributed by atoms with Gasteiger partial charge in [0.25, 0.3) is 0 Å². The van der Waals surface area contributed by atoms with E-state index in [-0.39, 0.29) is 30.0 Å². The van der Waals surface area contributed by atoms with E-state index in [1.54, 1.807) is 4.68 Å². The van der Waals surface area contributed by atoms with Crippen molar-refractivity contribution in [3.63, 3.8) is 0 Å². The van der Waals surface area contributed by atoms with Crippen LogP contribution in [0.25, 0.3) is 0 Å². The summed E-state index contributed by atoms with van der Waals surface area (Å²) in [6.45, 7) is 0. The minimum Gasteiger partial charge on any atom is -0.384 e. The highest BCUT2D eigenvalue weighted by molar-refractivity contribution is 7.91. The molecule has 1 saturated carbocycles. The van der Waals surface area contributed by atoms with Crippen molar-refractivity contribution < 1.29 is 8.42 Å². The van der Waals surface area contributed by atoms with Crippen molar-refractivity contribution in [3.8, 4) is 0 Å². The van der Waals surface area contributed by atoms with E-state index >= 15 is 0 Å². The molecule has 1 unspecified atom stereocenters. The summed E-state index contributed by atoms with van der Waals surface area (Å²) in [5.41, 5.74) is 6.91. The van der Waals surface area contributed by atoms with Crippen LogP contribution in [0.3, 0.4) is 0 Å². The first-order valence-corrected chi connectivity index (χ1v) is 7.43. The maximum Gasteiger partial charge on any atom is 0.152 e. The van der Waals surface area contributed by atoms with Gasteiger partial charge in [-0.1, -0.05) is 0 Å². The lowest BCUT2D eigenvalue weighted by Gasteiger charge is -2.09. The Morgan fingerprint density at radius 3 is 2.59 bits per heavy atom. The van der Waals surface area contributed by atoms with E-state index in [0.29, 0.717) is 18.2 Å². The predicted octanol–water partition coefficient (Wildman–Crippen LogP) is 1.12. The molecule has 0 spiro atoms. The lowest BCUT2D eigenvalue weighted by molar-refractivity contribution is 0.502. The number of hydrogen-bond donors (Lipinski definition) is 1. The lowest BCUT2D eigenvalue weighted by Crippen LogP contribution is -2.14. The molecule has 0 amide bonds. The molecule has 1 atom stereocenters. The molecule has 7 heteroatoms. The Labute approximate surface area is 107 Å². The van der Waals surface area contributed by atoms with Crippen LogP contribution < -0.4 is 5.73 Å². The normalized spacial score (nSPS) is 26.7. The molecule has 1 aromatic heterocycles. The van der Waals surface area contributed by atoms with Crippen LogP contribution in [0.4, 0.5) is 5.82 Å². The topological polar surface area (TPSA) is 78.0 Å². The lowest BCUT2D eigenvalue weighted by atomic mass is 10.3. The Morgan fingerprint density at radius 2 is 2.06 bits per heavy atom. The molecule has 1 aliphatic heterocycles. The third-order valence-electron chi connectivity index (χ3n) is 3.33. The second-order valence-corrected chi connectivity index (χ2v) is 7.00. The van der Waals surface area contributed by atoms with Crippen LogP contribution in [-0.2, 0) is 9.84 Å². The van der Waals surface area contributed by atoms with Crippen molar-refractivity contribution in [1.82, 2.24) is 9.78 Å². The molecular weight excluding hydrogens is 262 g/mol. The Bertz CT molecular complexity index is 522. The van der Waals surface area contributed by atoms with Gasteiger partial charge in [-0.3, -0.25) is 0 Å². The van der Waals surface area contributed by atoms with Crippen molar-refractivity contribution >= 4 is 28.1 Å². The molecule has 2 N–H and O–H groups in total. The monoisotopic (exact) mass is 277 g/mol. The minimum atomic E-state index is -2.87. The highest BCUT2D eigenvalue weighted by Gasteiger charge is 2.33. The van der Waals surface area contributed by atoms with Gasteiger partial charge < -0.3 is 5.73 Å². The summed E-state index contributed by atoms with van der Waals surface area (Å²) in [5, 5.41) is 4.45. The van der Waals surface area contributed by atoms with E-state index in [4.69, 9.17) is 5.73 Å². The zero-order chi connectivity index (χ0) is 11.3. The molecule has 3 rings (SSSR count). The molecule has 17 heavy (non-hydrogen) atoms. The number of nitrogen functional groups attached to an aromatic ring is 1. The highest BCUT2D eigenvalue weighted by Crippen LogP contribution is 2.40. The summed E-state index contributed by atoms with van der Waals surface area (Å²) in [5.74, 6) is 1.60. The average Bonchev–Trinajstić information content (AvgIpc) is 2.89. The maximum absolute atomic E-state index is 11.4. The summed E-state index contributed by atoms with van der Waals surface area (Å²) in [7, 11) is -2.87. The third kappa shape index (κ3) is 2.42. The fourth-order valence-electron chi connectivity index (χ4n) is 2.27. The summed E-state index contributed by atoms with van der Waals surface area (Å²) < 4.78 is 24.5. The van der Waals surface area contributed by atoms with E-state index < -0.39 is 9.84 Å². The van der Waals surface area contributed by atoms with Crippen LogP contribution in [0.5, 0.6) is 0 Å². The number of aromatic nitrogens is 2. The zero-order valence-electron chi connectivity index (χ0n) is 9.37. The van der Waals surface area contributed by atoms with Crippen LogP contribution in [0.1, 0.15) is 36.9 Å².